The molecule has 0 radical (unpaired) electrons. The number of nitrogens with one attached hydrogen (secondary N) is 2. The smallest absolute Gasteiger partial charge is 0.245 e. The molecule has 2 aromatic rings. The van der Waals surface area contributed by atoms with Gasteiger partial charge in [-0.3, -0.25) is 14.5 Å². The van der Waals surface area contributed by atoms with E-state index in [2.05, 4.69) is 10.0 Å². The van der Waals surface area contributed by atoms with Crippen molar-refractivity contribution in [3.8, 4) is 16.9 Å². The molecule has 0 aromatic heterocycles. The summed E-state index contributed by atoms with van der Waals surface area (Å²) in [6.45, 7) is 5.76. The number of fused-ring (bicyclic) bond motifs is 1. The number of halogens is 1. The number of carbonyl (C=O) groups is 2. The van der Waals surface area contributed by atoms with Crippen molar-refractivity contribution in [2.75, 3.05) is 31.9 Å². The molecular weight excluding hydrogens is 497 g/mol. The average Bonchev–Trinajstić information content (AvgIpc) is 3.17. The standard InChI is InChI=1S/C27H34FN3O5S/c1-26(2,3)23-15-20(31(17-32)12-10-24(33)29-4)14-21(25(23)36-5)18-7-8-22-19(13-18)9-11-27(22,28)16-30-37(6,34)35/h7-8,10,12-15,17,30H,9,11,16H2,1-6H3,(H,29,33)/b12-10-. The number of likely N-dealkylation sites (N-methyl/N-ethyl adjacent to an activating group) is 1. The largest absolute Gasteiger partial charge is 0.496 e. The minimum Gasteiger partial charge on any atom is -0.496 e. The van der Waals surface area contributed by atoms with Crippen molar-refractivity contribution in [1.29, 1.82) is 0 Å². The number of amides is 2. The third-order valence-corrected chi connectivity index (χ3v) is 7.10. The first-order chi connectivity index (χ1) is 17.2. The topological polar surface area (TPSA) is 105 Å². The van der Waals surface area contributed by atoms with E-state index >= 15 is 4.39 Å². The van der Waals surface area contributed by atoms with Crippen LogP contribution >= 0.6 is 0 Å². The molecule has 10 heteroatoms. The minimum absolute atomic E-state index is 0.169. The highest BCUT2D eigenvalue weighted by Crippen LogP contribution is 2.46. The van der Waals surface area contributed by atoms with Gasteiger partial charge in [-0.25, -0.2) is 17.5 Å². The first-order valence-corrected chi connectivity index (χ1v) is 13.7. The fourth-order valence-corrected chi connectivity index (χ4v) is 4.96. The Kier molecular flexibility index (Phi) is 8.14. The van der Waals surface area contributed by atoms with Crippen LogP contribution in [0, 0.1) is 0 Å². The van der Waals surface area contributed by atoms with Gasteiger partial charge in [0.2, 0.25) is 22.3 Å². The Hall–Kier alpha value is -3.24. The summed E-state index contributed by atoms with van der Waals surface area (Å²) in [6.07, 6.45) is 4.89. The second kappa shape index (κ2) is 10.6. The van der Waals surface area contributed by atoms with Crippen molar-refractivity contribution >= 4 is 28.0 Å². The van der Waals surface area contributed by atoms with Crippen LogP contribution in [0.25, 0.3) is 11.1 Å². The number of nitrogens with zero attached hydrogens (tertiary/aromatic N) is 1. The van der Waals surface area contributed by atoms with E-state index in [4.69, 9.17) is 4.74 Å². The average molecular weight is 532 g/mol. The number of sulfonamides is 1. The quantitative estimate of drug-likeness (QED) is 0.381. The zero-order valence-corrected chi connectivity index (χ0v) is 22.8. The van der Waals surface area contributed by atoms with Crippen LogP contribution in [0.15, 0.2) is 42.6 Å². The molecule has 0 heterocycles. The van der Waals surface area contributed by atoms with E-state index in [1.807, 2.05) is 32.9 Å². The van der Waals surface area contributed by atoms with Crippen molar-refractivity contribution in [3.63, 3.8) is 0 Å². The van der Waals surface area contributed by atoms with Gasteiger partial charge in [-0.2, -0.15) is 0 Å². The highest BCUT2D eigenvalue weighted by Gasteiger charge is 2.39. The van der Waals surface area contributed by atoms with Crippen molar-refractivity contribution in [1.82, 2.24) is 10.0 Å². The first-order valence-electron chi connectivity index (χ1n) is 11.9. The molecule has 2 N–H and O–H groups in total. The molecular formula is C27H34FN3O5S. The van der Waals surface area contributed by atoms with Gasteiger partial charge in [0.05, 0.1) is 13.4 Å². The van der Waals surface area contributed by atoms with Crippen LogP contribution in [0.5, 0.6) is 5.75 Å². The first kappa shape index (κ1) is 28.3. The van der Waals surface area contributed by atoms with Gasteiger partial charge in [-0.15, -0.1) is 0 Å². The van der Waals surface area contributed by atoms with Crippen LogP contribution in [-0.2, 0) is 37.1 Å². The second-order valence-corrected chi connectivity index (χ2v) is 12.0. The number of aryl methyl sites for hydroxylation is 1. The highest BCUT2D eigenvalue weighted by molar-refractivity contribution is 7.88. The Morgan fingerprint density at radius 3 is 2.51 bits per heavy atom. The summed E-state index contributed by atoms with van der Waals surface area (Å²) < 4.78 is 46.9. The number of carbonyl (C=O) groups excluding carboxylic acids is 2. The predicted molar refractivity (Wildman–Crippen MR) is 143 cm³/mol. The molecule has 0 fully saturated rings. The molecule has 2 amide bonds. The Morgan fingerprint density at radius 2 is 1.95 bits per heavy atom. The summed E-state index contributed by atoms with van der Waals surface area (Å²) in [7, 11) is -0.454. The third kappa shape index (κ3) is 6.37. The van der Waals surface area contributed by atoms with Gasteiger partial charge in [0.25, 0.3) is 0 Å². The van der Waals surface area contributed by atoms with Crippen molar-refractivity contribution < 1.29 is 27.1 Å². The molecule has 37 heavy (non-hydrogen) atoms. The number of hydrogen-bond donors (Lipinski definition) is 2. The van der Waals surface area contributed by atoms with Gasteiger partial charge in [-0.05, 0) is 47.1 Å². The second-order valence-electron chi connectivity index (χ2n) is 10.2. The number of ether oxygens (including phenoxy) is 1. The molecule has 200 valence electrons. The molecule has 2 aromatic carbocycles. The lowest BCUT2D eigenvalue weighted by Crippen LogP contribution is -2.35. The van der Waals surface area contributed by atoms with Gasteiger partial charge in [0, 0.05) is 42.7 Å². The molecule has 0 aliphatic heterocycles. The summed E-state index contributed by atoms with van der Waals surface area (Å²) >= 11 is 0. The Bertz CT molecular complexity index is 1330. The lowest BCUT2D eigenvalue weighted by molar-refractivity contribution is -0.116. The van der Waals surface area contributed by atoms with E-state index in [1.165, 1.54) is 24.2 Å². The van der Waals surface area contributed by atoms with Gasteiger partial charge >= 0.3 is 0 Å². The Balaban J connectivity index is 2.14. The summed E-state index contributed by atoms with van der Waals surface area (Å²) in [6, 6.07) is 8.99. The SMILES string of the molecule is CNC(=O)/C=C\N(C=O)c1cc(-c2ccc3c(c2)CCC3(F)CNS(C)(=O)=O)c(OC)c(C(C)(C)C)c1. The lowest BCUT2D eigenvalue weighted by atomic mass is 9.83. The van der Waals surface area contributed by atoms with Gasteiger partial charge < -0.3 is 10.1 Å². The van der Waals surface area contributed by atoms with E-state index < -0.39 is 15.7 Å². The van der Waals surface area contributed by atoms with Crippen molar-refractivity contribution in [3.05, 3.63) is 59.3 Å². The number of rotatable bonds is 9. The molecule has 0 spiro atoms. The Morgan fingerprint density at radius 1 is 1.24 bits per heavy atom. The molecule has 0 saturated carbocycles. The van der Waals surface area contributed by atoms with E-state index in [0.717, 1.165) is 22.9 Å². The van der Waals surface area contributed by atoms with E-state index in [0.29, 0.717) is 35.4 Å². The lowest BCUT2D eigenvalue weighted by Gasteiger charge is -2.27. The van der Waals surface area contributed by atoms with Crippen LogP contribution < -0.4 is 19.7 Å². The van der Waals surface area contributed by atoms with Crippen LogP contribution in [0.3, 0.4) is 0 Å². The Labute approximate surface area is 217 Å². The predicted octanol–water partition coefficient (Wildman–Crippen LogP) is 3.54. The van der Waals surface area contributed by atoms with Gasteiger partial charge in [0.15, 0.2) is 0 Å². The van der Waals surface area contributed by atoms with Gasteiger partial charge in [0.1, 0.15) is 11.4 Å². The number of benzene rings is 2. The number of anilines is 1. The molecule has 8 nitrogen and oxygen atoms in total. The summed E-state index contributed by atoms with van der Waals surface area (Å²) in [5, 5.41) is 2.48. The van der Waals surface area contributed by atoms with Crippen molar-refractivity contribution in [2.45, 2.75) is 44.7 Å². The zero-order valence-electron chi connectivity index (χ0n) is 22.0. The zero-order chi connectivity index (χ0) is 27.6. The fraction of sp³-hybridized carbons (Fsp3) is 0.407. The third-order valence-electron chi connectivity index (χ3n) is 6.43. The summed E-state index contributed by atoms with van der Waals surface area (Å²) in [4.78, 5) is 25.0. The maximum atomic E-state index is 15.7. The molecule has 1 aliphatic carbocycles. The van der Waals surface area contributed by atoms with Crippen LogP contribution in [0.4, 0.5) is 10.1 Å². The molecule has 1 atom stereocenters. The van der Waals surface area contributed by atoms with E-state index in [9.17, 15) is 18.0 Å². The van der Waals surface area contributed by atoms with Crippen LogP contribution in [0.1, 0.15) is 43.9 Å². The minimum atomic E-state index is -3.53. The van der Waals surface area contributed by atoms with Crippen LogP contribution in [0.2, 0.25) is 0 Å². The molecule has 3 rings (SSSR count). The monoisotopic (exact) mass is 531 g/mol. The maximum Gasteiger partial charge on any atom is 0.245 e. The van der Waals surface area contributed by atoms with Gasteiger partial charge in [-0.1, -0.05) is 39.0 Å². The normalized spacial score (nSPS) is 17.5. The fourth-order valence-electron chi connectivity index (χ4n) is 4.47. The molecule has 0 bridgehead atoms. The summed E-state index contributed by atoms with van der Waals surface area (Å²) in [5.41, 5.74) is 1.96. The molecule has 0 saturated heterocycles. The van der Waals surface area contributed by atoms with Crippen molar-refractivity contribution in [2.24, 2.45) is 0 Å². The highest BCUT2D eigenvalue weighted by atomic mass is 32.2. The molecule has 1 aliphatic rings. The van der Waals surface area contributed by atoms with E-state index in [1.54, 1.807) is 25.3 Å². The maximum absolute atomic E-state index is 15.7. The summed E-state index contributed by atoms with van der Waals surface area (Å²) in [5.74, 6) is 0.274. The van der Waals surface area contributed by atoms with E-state index in [-0.39, 0.29) is 24.3 Å². The number of alkyl halides is 1. The molecule has 1 unspecified atom stereocenters. The number of hydrogen-bond acceptors (Lipinski definition) is 5. The van der Waals surface area contributed by atoms with Crippen LogP contribution in [-0.4, -0.2) is 47.7 Å². The number of methoxy groups -OCH3 is 1.